The molecule has 0 unspecified atom stereocenters. The Hall–Kier alpha value is -4.24. The molecule has 1 aliphatic rings. The average molecular weight is 493 g/mol. The third kappa shape index (κ3) is 4.99. The van der Waals surface area contributed by atoms with Crippen LogP contribution in [0.5, 0.6) is 0 Å². The van der Waals surface area contributed by atoms with Crippen LogP contribution in [-0.2, 0) is 0 Å². The highest BCUT2D eigenvalue weighted by atomic mass is 35.5. The number of nitro benzene ring substituents is 1. The lowest BCUT2D eigenvalue weighted by Crippen LogP contribution is -2.31. The first kappa shape index (κ1) is 23.9. The number of halogens is 1. The van der Waals surface area contributed by atoms with Gasteiger partial charge in [0, 0.05) is 35.4 Å². The molecule has 10 heteroatoms. The molecule has 0 spiro atoms. The van der Waals surface area contributed by atoms with E-state index in [1.807, 2.05) is 6.92 Å². The summed E-state index contributed by atoms with van der Waals surface area (Å²) in [5, 5.41) is 17.7. The number of imide groups is 1. The third-order valence-corrected chi connectivity index (χ3v) is 6.05. The van der Waals surface area contributed by atoms with Crippen LogP contribution in [0.1, 0.15) is 43.1 Å². The van der Waals surface area contributed by atoms with Crippen LogP contribution in [0.15, 0.2) is 60.7 Å². The van der Waals surface area contributed by atoms with E-state index in [-0.39, 0.29) is 41.8 Å². The van der Waals surface area contributed by atoms with Gasteiger partial charge in [0.2, 0.25) is 0 Å². The van der Waals surface area contributed by atoms with Crippen molar-refractivity contribution in [1.82, 2.24) is 4.90 Å². The number of hydrogen-bond donors (Lipinski definition) is 2. The van der Waals surface area contributed by atoms with Gasteiger partial charge in [0.25, 0.3) is 23.4 Å². The molecule has 0 fully saturated rings. The maximum atomic E-state index is 12.6. The van der Waals surface area contributed by atoms with Crippen LogP contribution in [0, 0.1) is 17.0 Å². The number of nitrogens with zero attached hydrogens (tertiary/aromatic N) is 2. The Kier molecular flexibility index (Phi) is 6.79. The van der Waals surface area contributed by atoms with Gasteiger partial charge in [0.1, 0.15) is 5.69 Å². The molecule has 0 radical (unpaired) electrons. The number of fused-ring (bicyclic) bond motifs is 1. The monoisotopic (exact) mass is 492 g/mol. The molecule has 9 nitrogen and oxygen atoms in total. The van der Waals surface area contributed by atoms with Crippen molar-refractivity contribution in [1.29, 1.82) is 0 Å². The molecule has 2 N–H and O–H groups in total. The Bertz CT molecular complexity index is 1320. The van der Waals surface area contributed by atoms with Gasteiger partial charge in [-0.25, -0.2) is 0 Å². The van der Waals surface area contributed by atoms with Gasteiger partial charge in [-0.05, 0) is 55.3 Å². The highest BCUT2D eigenvalue weighted by Gasteiger charge is 2.34. The zero-order valence-corrected chi connectivity index (χ0v) is 19.5. The van der Waals surface area contributed by atoms with Crippen LogP contribution in [0.4, 0.5) is 17.1 Å². The molecule has 35 heavy (non-hydrogen) atoms. The van der Waals surface area contributed by atoms with Crippen LogP contribution in [0.3, 0.4) is 0 Å². The molecule has 0 aromatic heterocycles. The van der Waals surface area contributed by atoms with Crippen molar-refractivity contribution >= 4 is 46.4 Å². The fourth-order valence-corrected chi connectivity index (χ4v) is 3.93. The maximum absolute atomic E-state index is 12.6. The molecular weight excluding hydrogens is 472 g/mol. The minimum Gasteiger partial charge on any atom is -0.379 e. The largest absolute Gasteiger partial charge is 0.379 e. The van der Waals surface area contributed by atoms with E-state index in [4.69, 9.17) is 11.6 Å². The number of nitro groups is 1. The first-order valence-corrected chi connectivity index (χ1v) is 11.2. The SMILES string of the molecule is Cc1ccc(NC(=O)c2ccc(NCCCN3C(=O)c4ccccc4C3=O)c([N+](=O)[O-])c2)cc1Cl. The first-order chi connectivity index (χ1) is 16.8. The fourth-order valence-electron chi connectivity index (χ4n) is 3.75. The highest BCUT2D eigenvalue weighted by Crippen LogP contribution is 2.27. The van der Waals surface area contributed by atoms with Crippen molar-refractivity contribution in [2.75, 3.05) is 23.7 Å². The molecule has 0 aliphatic carbocycles. The van der Waals surface area contributed by atoms with Crippen molar-refractivity contribution < 1.29 is 19.3 Å². The van der Waals surface area contributed by atoms with Gasteiger partial charge < -0.3 is 10.6 Å². The normalized spacial score (nSPS) is 12.5. The molecule has 0 bridgehead atoms. The van der Waals surface area contributed by atoms with Crippen LogP contribution >= 0.6 is 11.6 Å². The molecule has 3 aromatic carbocycles. The second-order valence-electron chi connectivity index (χ2n) is 7.99. The molecule has 178 valence electrons. The lowest BCUT2D eigenvalue weighted by Gasteiger charge is -2.14. The second-order valence-corrected chi connectivity index (χ2v) is 8.40. The molecule has 4 rings (SSSR count). The molecular formula is C25H21ClN4O5. The van der Waals surface area contributed by atoms with Crippen LogP contribution in [0.25, 0.3) is 0 Å². The van der Waals surface area contributed by atoms with Crippen LogP contribution in [0.2, 0.25) is 5.02 Å². The zero-order valence-electron chi connectivity index (χ0n) is 18.7. The summed E-state index contributed by atoms with van der Waals surface area (Å²) in [4.78, 5) is 49.7. The number of amides is 3. The van der Waals surface area contributed by atoms with E-state index in [0.29, 0.717) is 28.3 Å². The summed E-state index contributed by atoms with van der Waals surface area (Å²) in [5.74, 6) is -1.20. The summed E-state index contributed by atoms with van der Waals surface area (Å²) in [6, 6.07) is 15.8. The molecule has 0 saturated heterocycles. The number of benzene rings is 3. The van der Waals surface area contributed by atoms with Crippen molar-refractivity contribution in [2.45, 2.75) is 13.3 Å². The lowest BCUT2D eigenvalue weighted by molar-refractivity contribution is -0.384. The minimum atomic E-state index is -0.577. The summed E-state index contributed by atoms with van der Waals surface area (Å²) in [6.45, 7) is 2.29. The van der Waals surface area contributed by atoms with Gasteiger partial charge in [0.15, 0.2) is 0 Å². The van der Waals surface area contributed by atoms with Gasteiger partial charge in [0.05, 0.1) is 16.1 Å². The van der Waals surface area contributed by atoms with E-state index in [9.17, 15) is 24.5 Å². The average Bonchev–Trinajstić information content (AvgIpc) is 3.09. The summed E-state index contributed by atoms with van der Waals surface area (Å²) in [6.07, 6.45) is 0.388. The number of rotatable bonds is 8. The van der Waals surface area contributed by atoms with E-state index >= 15 is 0 Å². The van der Waals surface area contributed by atoms with Gasteiger partial charge in [-0.3, -0.25) is 29.4 Å². The van der Waals surface area contributed by atoms with Crippen molar-refractivity contribution in [3.05, 3.63) is 98.1 Å². The maximum Gasteiger partial charge on any atom is 0.293 e. The molecule has 0 atom stereocenters. The zero-order chi connectivity index (χ0) is 25.1. The Balaban J connectivity index is 1.38. The number of nitrogens with one attached hydrogen (secondary N) is 2. The molecule has 0 saturated carbocycles. The Morgan fingerprint density at radius 2 is 1.71 bits per heavy atom. The van der Waals surface area contributed by atoms with E-state index in [2.05, 4.69) is 10.6 Å². The molecule has 1 heterocycles. The van der Waals surface area contributed by atoms with Gasteiger partial charge >= 0.3 is 0 Å². The quantitative estimate of drug-likeness (QED) is 0.199. The summed E-state index contributed by atoms with van der Waals surface area (Å²) < 4.78 is 0. The Labute approximate surface area is 205 Å². The van der Waals surface area contributed by atoms with E-state index < -0.39 is 10.8 Å². The smallest absolute Gasteiger partial charge is 0.293 e. The van der Waals surface area contributed by atoms with Gasteiger partial charge in [-0.2, -0.15) is 0 Å². The standard InChI is InChI=1S/C25H21ClN4O5/c1-15-7-9-17(14-20(15)26)28-23(31)16-8-10-21(22(13-16)30(34)35)27-11-4-12-29-24(32)18-5-2-3-6-19(18)25(29)33/h2-3,5-10,13-14,27H,4,11-12H2,1H3,(H,28,31). The fraction of sp³-hybridized carbons (Fsp3) is 0.160. The summed E-state index contributed by atoms with van der Waals surface area (Å²) in [5.41, 5.74) is 2.17. The lowest BCUT2D eigenvalue weighted by atomic mass is 10.1. The second kappa shape index (κ2) is 9.94. The number of carbonyl (C=O) groups excluding carboxylic acids is 3. The molecule has 3 amide bonds. The molecule has 3 aromatic rings. The van der Waals surface area contributed by atoms with E-state index in [1.54, 1.807) is 42.5 Å². The van der Waals surface area contributed by atoms with E-state index in [0.717, 1.165) is 5.56 Å². The van der Waals surface area contributed by atoms with Gasteiger partial charge in [-0.1, -0.05) is 29.8 Å². The summed E-state index contributed by atoms with van der Waals surface area (Å²) in [7, 11) is 0. The predicted octanol–water partition coefficient (Wildman–Crippen LogP) is 4.91. The van der Waals surface area contributed by atoms with Crippen molar-refractivity contribution in [3.8, 4) is 0 Å². The number of aryl methyl sites for hydroxylation is 1. The number of anilines is 2. The number of hydrogen-bond acceptors (Lipinski definition) is 6. The highest BCUT2D eigenvalue weighted by molar-refractivity contribution is 6.31. The summed E-state index contributed by atoms with van der Waals surface area (Å²) >= 11 is 6.08. The first-order valence-electron chi connectivity index (χ1n) is 10.8. The Morgan fingerprint density at radius 3 is 2.34 bits per heavy atom. The Morgan fingerprint density at radius 1 is 1.03 bits per heavy atom. The number of carbonyl (C=O) groups is 3. The van der Waals surface area contributed by atoms with E-state index in [1.165, 1.54) is 23.1 Å². The van der Waals surface area contributed by atoms with Crippen molar-refractivity contribution in [3.63, 3.8) is 0 Å². The third-order valence-electron chi connectivity index (χ3n) is 5.64. The van der Waals surface area contributed by atoms with Gasteiger partial charge in [-0.15, -0.1) is 0 Å². The van der Waals surface area contributed by atoms with Crippen LogP contribution < -0.4 is 10.6 Å². The molecule has 1 aliphatic heterocycles. The minimum absolute atomic E-state index is 0.116. The predicted molar refractivity (Wildman–Crippen MR) is 132 cm³/mol. The van der Waals surface area contributed by atoms with Crippen LogP contribution in [-0.4, -0.2) is 40.6 Å². The topological polar surface area (TPSA) is 122 Å². The van der Waals surface area contributed by atoms with Crippen molar-refractivity contribution in [2.24, 2.45) is 0 Å².